The Balaban J connectivity index is 2.99. The summed E-state index contributed by atoms with van der Waals surface area (Å²) in [4.78, 5) is 0. The minimum Gasteiger partial charge on any atom is -0.490 e. The third-order valence-electron chi connectivity index (χ3n) is 2.05. The zero-order chi connectivity index (χ0) is 12.1. The quantitative estimate of drug-likeness (QED) is 0.767. The third-order valence-corrected chi connectivity index (χ3v) is 2.05. The summed E-state index contributed by atoms with van der Waals surface area (Å²) >= 11 is 0. The lowest BCUT2D eigenvalue weighted by Gasteiger charge is -2.13. The van der Waals surface area contributed by atoms with Crippen LogP contribution in [0, 0.1) is 6.92 Å². The number of benzene rings is 1. The molecular formula is C12H15F2O2. The van der Waals surface area contributed by atoms with Crippen LogP contribution in [0.4, 0.5) is 8.78 Å². The summed E-state index contributed by atoms with van der Waals surface area (Å²) in [6, 6.07) is 4.87. The molecule has 4 heteroatoms. The van der Waals surface area contributed by atoms with Gasteiger partial charge in [0, 0.05) is 0 Å². The summed E-state index contributed by atoms with van der Waals surface area (Å²) in [6.45, 7) is 5.11. The van der Waals surface area contributed by atoms with Gasteiger partial charge in [0.15, 0.2) is 11.5 Å². The van der Waals surface area contributed by atoms with Crippen molar-refractivity contribution in [2.24, 2.45) is 0 Å². The first-order valence-corrected chi connectivity index (χ1v) is 5.09. The van der Waals surface area contributed by atoms with Crippen molar-refractivity contribution in [3.8, 4) is 11.5 Å². The van der Waals surface area contributed by atoms with Gasteiger partial charge in [0.25, 0.3) is 0 Å². The largest absolute Gasteiger partial charge is 0.490 e. The topological polar surface area (TPSA) is 18.5 Å². The van der Waals surface area contributed by atoms with Crippen LogP contribution in [0.2, 0.25) is 0 Å². The molecule has 0 heterocycles. The van der Waals surface area contributed by atoms with E-state index in [0.29, 0.717) is 12.4 Å². The predicted molar refractivity (Wildman–Crippen MR) is 58.0 cm³/mol. The molecule has 0 aliphatic carbocycles. The van der Waals surface area contributed by atoms with E-state index in [0.717, 1.165) is 5.56 Å². The highest BCUT2D eigenvalue weighted by atomic mass is 19.3. The van der Waals surface area contributed by atoms with Crippen LogP contribution in [0.5, 0.6) is 11.5 Å². The summed E-state index contributed by atoms with van der Waals surface area (Å²) < 4.78 is 33.8. The summed E-state index contributed by atoms with van der Waals surface area (Å²) in [5.74, 6) is 0.455. The maximum Gasteiger partial charge on any atom is 0.387 e. The molecule has 0 bridgehead atoms. The molecule has 16 heavy (non-hydrogen) atoms. The number of halogens is 2. The van der Waals surface area contributed by atoms with Gasteiger partial charge in [0.1, 0.15) is 0 Å². The van der Waals surface area contributed by atoms with Crippen LogP contribution >= 0.6 is 0 Å². The van der Waals surface area contributed by atoms with Crippen LogP contribution in [-0.4, -0.2) is 13.2 Å². The zero-order valence-corrected chi connectivity index (χ0v) is 9.37. The molecule has 1 atom stereocenters. The second-order valence-electron chi connectivity index (χ2n) is 3.42. The molecule has 0 saturated heterocycles. The van der Waals surface area contributed by atoms with Gasteiger partial charge in [-0.3, -0.25) is 0 Å². The maximum absolute atomic E-state index is 12.1. The Morgan fingerprint density at radius 1 is 1.31 bits per heavy atom. The number of hydrogen-bond donors (Lipinski definition) is 0. The van der Waals surface area contributed by atoms with E-state index in [4.69, 9.17) is 4.74 Å². The molecule has 1 rings (SSSR count). The van der Waals surface area contributed by atoms with Gasteiger partial charge in [-0.15, -0.1) is 0 Å². The van der Waals surface area contributed by atoms with Crippen LogP contribution in [0.15, 0.2) is 18.2 Å². The van der Waals surface area contributed by atoms with Gasteiger partial charge in [0.05, 0.1) is 6.61 Å². The lowest BCUT2D eigenvalue weighted by molar-refractivity contribution is -0.0514. The van der Waals surface area contributed by atoms with Gasteiger partial charge in [-0.1, -0.05) is 13.0 Å². The van der Waals surface area contributed by atoms with Crippen LogP contribution in [0.25, 0.3) is 0 Å². The minimum atomic E-state index is -2.85. The molecular weight excluding hydrogens is 214 g/mol. The van der Waals surface area contributed by atoms with E-state index < -0.39 is 6.61 Å². The molecule has 1 unspecified atom stereocenters. The molecule has 2 nitrogen and oxygen atoms in total. The van der Waals surface area contributed by atoms with Crippen molar-refractivity contribution in [3.05, 3.63) is 30.7 Å². The Labute approximate surface area is 94.2 Å². The lowest BCUT2D eigenvalue weighted by atomic mass is 10.0. The van der Waals surface area contributed by atoms with Gasteiger partial charge < -0.3 is 9.47 Å². The number of rotatable bonds is 5. The molecule has 0 saturated carbocycles. The van der Waals surface area contributed by atoms with E-state index in [-0.39, 0.29) is 11.7 Å². The average molecular weight is 229 g/mol. The molecule has 0 N–H and O–H groups in total. The van der Waals surface area contributed by atoms with Crippen LogP contribution < -0.4 is 9.47 Å². The van der Waals surface area contributed by atoms with E-state index in [9.17, 15) is 8.78 Å². The Kier molecular flexibility index (Phi) is 4.52. The van der Waals surface area contributed by atoms with Crippen molar-refractivity contribution in [1.82, 2.24) is 0 Å². The van der Waals surface area contributed by atoms with Crippen LogP contribution in [-0.2, 0) is 0 Å². The smallest absolute Gasteiger partial charge is 0.387 e. The summed E-state index contributed by atoms with van der Waals surface area (Å²) in [5, 5.41) is 0. The first-order chi connectivity index (χ1) is 7.54. The van der Waals surface area contributed by atoms with Crippen molar-refractivity contribution >= 4 is 0 Å². The second kappa shape index (κ2) is 5.68. The highest BCUT2D eigenvalue weighted by Gasteiger charge is 2.12. The molecule has 1 aromatic carbocycles. The highest BCUT2D eigenvalue weighted by Crippen LogP contribution is 2.32. The Hall–Kier alpha value is -1.32. The fourth-order valence-electron chi connectivity index (χ4n) is 1.29. The monoisotopic (exact) mass is 229 g/mol. The second-order valence-corrected chi connectivity index (χ2v) is 3.42. The van der Waals surface area contributed by atoms with E-state index >= 15 is 0 Å². The fraction of sp³-hybridized carbons (Fsp3) is 0.417. The van der Waals surface area contributed by atoms with Gasteiger partial charge in [-0.2, -0.15) is 8.78 Å². The highest BCUT2D eigenvalue weighted by molar-refractivity contribution is 5.44. The molecule has 1 aromatic rings. The summed E-state index contributed by atoms with van der Waals surface area (Å²) in [6.07, 6.45) is 0. The van der Waals surface area contributed by atoms with Gasteiger partial charge in [-0.25, -0.2) is 0 Å². The first-order valence-electron chi connectivity index (χ1n) is 5.09. The van der Waals surface area contributed by atoms with E-state index in [2.05, 4.69) is 11.7 Å². The van der Waals surface area contributed by atoms with E-state index in [1.54, 1.807) is 19.1 Å². The molecule has 89 valence electrons. The Morgan fingerprint density at radius 2 is 2.00 bits per heavy atom. The fourth-order valence-corrected chi connectivity index (χ4v) is 1.29. The standard InChI is InChI=1S/C12H15F2O2/c1-4-15-11-7-9(8(2)3)5-6-10(11)16-12(13)14/h5-8,12H,2,4H2,1,3H3. The molecule has 0 aromatic heterocycles. The van der Waals surface area contributed by atoms with Crippen LogP contribution in [0.1, 0.15) is 25.3 Å². The average Bonchev–Trinajstić information content (AvgIpc) is 2.20. The van der Waals surface area contributed by atoms with E-state index in [1.165, 1.54) is 6.07 Å². The maximum atomic E-state index is 12.1. The molecule has 0 spiro atoms. The molecule has 0 aliphatic heterocycles. The number of alkyl halides is 2. The minimum absolute atomic E-state index is 0.0567. The van der Waals surface area contributed by atoms with Crippen molar-refractivity contribution in [3.63, 3.8) is 0 Å². The third kappa shape index (κ3) is 3.36. The Bertz CT molecular complexity index is 338. The number of ether oxygens (including phenoxy) is 2. The normalized spacial score (nSPS) is 10.9. The lowest BCUT2D eigenvalue weighted by Crippen LogP contribution is -2.05. The van der Waals surface area contributed by atoms with Crippen LogP contribution in [0.3, 0.4) is 0 Å². The van der Waals surface area contributed by atoms with Gasteiger partial charge >= 0.3 is 6.61 Å². The molecule has 0 fully saturated rings. The van der Waals surface area contributed by atoms with Gasteiger partial charge in [0.2, 0.25) is 0 Å². The summed E-state index contributed by atoms with van der Waals surface area (Å²) in [7, 11) is 0. The van der Waals surface area contributed by atoms with E-state index in [1.807, 2.05) is 6.92 Å². The first kappa shape index (κ1) is 12.7. The summed E-state index contributed by atoms with van der Waals surface area (Å²) in [5.41, 5.74) is 0.921. The van der Waals surface area contributed by atoms with Crippen molar-refractivity contribution < 1.29 is 18.3 Å². The van der Waals surface area contributed by atoms with Gasteiger partial charge in [-0.05, 0) is 37.5 Å². The predicted octanol–water partition coefficient (Wildman–Crippen LogP) is 3.62. The number of hydrogen-bond acceptors (Lipinski definition) is 2. The van der Waals surface area contributed by atoms with Crippen molar-refractivity contribution in [1.29, 1.82) is 0 Å². The molecule has 0 aliphatic rings. The molecule has 0 amide bonds. The zero-order valence-electron chi connectivity index (χ0n) is 9.37. The SMILES string of the molecule is [CH2]C(C)c1ccc(OC(F)F)c(OCC)c1. The molecule has 1 radical (unpaired) electrons. The van der Waals surface area contributed by atoms with Crippen molar-refractivity contribution in [2.75, 3.05) is 6.61 Å². The Morgan fingerprint density at radius 3 is 2.50 bits per heavy atom. The van der Waals surface area contributed by atoms with Crippen molar-refractivity contribution in [2.45, 2.75) is 26.4 Å².